The molecule has 12 fully saturated rings. The summed E-state index contributed by atoms with van der Waals surface area (Å²) in [4.78, 5) is 1.29. The lowest BCUT2D eigenvalue weighted by atomic mass is 9.60. The zero-order chi connectivity index (χ0) is 98.6. The van der Waals surface area contributed by atoms with Crippen molar-refractivity contribution >= 4 is 41.3 Å². The number of hydrogen-bond acceptors (Lipinski definition) is 15. The molecule has 13 aliphatic rings. The summed E-state index contributed by atoms with van der Waals surface area (Å²) in [5.41, 5.74) is 15.1. The molecule has 0 spiro atoms. The predicted octanol–water partition coefficient (Wildman–Crippen LogP) is 24.8. The van der Waals surface area contributed by atoms with E-state index in [1.165, 1.54) is 79.4 Å². The first-order valence-electron chi connectivity index (χ1n) is 52.1. The fourth-order valence-electron chi connectivity index (χ4n) is 28.4. The molecule has 8 N–H and O–H groups in total. The fourth-order valence-corrected chi connectivity index (χ4v) is 34.7. The van der Waals surface area contributed by atoms with Gasteiger partial charge in [-0.15, -0.1) is 0 Å². The molecule has 0 radical (unpaired) electrons. The Balaban J connectivity index is 0.000000154. The minimum absolute atomic E-state index is 0.0567. The zero-order valence-corrected chi connectivity index (χ0v) is 87.8. The van der Waals surface area contributed by atoms with E-state index in [4.69, 9.17) is 0 Å². The Kier molecular flexibility index (Phi) is 34.9. The number of allylic oxidation sites excluding steroid dienone is 14. The standard InChI is InChI=1S/C31H42O4S.C31H44O4S.C29H38O4S.C27H44O2S/c1-21(20-31(16-17-31)36(34,35)26-9-5-4-6-10-26)27-13-14-28-23(8-7-15-30(27,28)3)11-12-24-18-25(32)19-29(33)22(24)2;1-21(20-30(3,4)36(34,35)26-11-7-6-8-12-26)27-15-16-28-23(10-9-17-31(27,28)5)13-14-24-18-25(32)19-29(33)22(24)2;1-20(15-17-34(32,33)25-9-5-4-6-10-25)26-13-14-27-22(8-7-16-29(26,27)3)11-12-23-18-24(30)19-28(31)21(23)2;1-18(13-15-30-26(3,4)5)23-11-12-24-20(8-7-14-27(23,24)6)9-10-21-16-22(28)17-25(29)19(21)2/h4-6,9-12,21,25,27-29,32-33H,2,7-8,13-20H2,1,3H3;6-8,11-14,21,25,27-29,32-33H,2,9-10,15-20H2,1,3-5H3;4-6,9-13,20,24,27-28,30-31H,2,7-8,14-19H2,1,3H3;9-10,18,22-25,28-29H,2,7-8,11-17H2,1,3-6H3/b23-11+,24-12-;23-13+,24-14-;22-11+,23-12-;20-9+,21-10-/t21-,25-,27-,28+,29+,30-;21-,25-,27-,28+,29+,31-;20-,24-,27+,28+,29-;18-,22-,23?,24+,25+,27-/m1111/s1. The van der Waals surface area contributed by atoms with E-state index in [9.17, 15) is 66.1 Å². The van der Waals surface area contributed by atoms with Gasteiger partial charge in [-0.3, -0.25) is 0 Å². The highest BCUT2D eigenvalue weighted by Gasteiger charge is 2.60. The Morgan fingerprint density at radius 1 is 0.419 bits per heavy atom. The molecular weight excluding hydrogens is 1770 g/mol. The fraction of sp³-hybridized carbons (Fsp3) is 0.627. The number of sulfone groups is 3. The van der Waals surface area contributed by atoms with Gasteiger partial charge < -0.3 is 40.9 Å². The monoisotopic (exact) mass is 1940 g/mol. The average molecular weight is 1940 g/mol. The molecule has 136 heavy (non-hydrogen) atoms. The predicted molar refractivity (Wildman–Crippen MR) is 558 cm³/mol. The summed E-state index contributed by atoms with van der Waals surface area (Å²) in [7, 11) is -10.0. The van der Waals surface area contributed by atoms with Crippen molar-refractivity contribution in [1.82, 2.24) is 0 Å². The molecule has 3 aromatic rings. The van der Waals surface area contributed by atoms with Gasteiger partial charge in [0.05, 0.1) is 78.8 Å². The van der Waals surface area contributed by atoms with Gasteiger partial charge in [0.15, 0.2) is 29.5 Å². The van der Waals surface area contributed by atoms with Crippen LogP contribution in [0.25, 0.3) is 0 Å². The van der Waals surface area contributed by atoms with Gasteiger partial charge in [-0.25, -0.2) is 25.3 Å². The summed E-state index contributed by atoms with van der Waals surface area (Å²) in [5, 5.41) is 81.0. The number of benzene rings is 3. The van der Waals surface area contributed by atoms with Crippen molar-refractivity contribution in [3.8, 4) is 0 Å². The van der Waals surface area contributed by atoms with Gasteiger partial charge in [-0.05, 0) is 374 Å². The van der Waals surface area contributed by atoms with Gasteiger partial charge >= 0.3 is 0 Å². The van der Waals surface area contributed by atoms with Gasteiger partial charge in [0, 0.05) is 30.4 Å². The minimum Gasteiger partial charge on any atom is -0.393 e. The van der Waals surface area contributed by atoms with Gasteiger partial charge in [-0.1, -0.05) is 240 Å². The molecule has 1 unspecified atom stereocenters. The summed E-state index contributed by atoms with van der Waals surface area (Å²) >= 11 is 2.11. The van der Waals surface area contributed by atoms with E-state index in [-0.39, 0.29) is 27.9 Å². The Morgan fingerprint density at radius 3 is 1.14 bits per heavy atom. The van der Waals surface area contributed by atoms with E-state index >= 15 is 0 Å². The molecule has 0 bridgehead atoms. The first-order chi connectivity index (χ1) is 64.1. The lowest BCUT2D eigenvalue weighted by Crippen LogP contribution is -2.40. The van der Waals surface area contributed by atoms with Crippen molar-refractivity contribution in [2.24, 2.45) is 86.8 Å². The second kappa shape index (κ2) is 44.2. The van der Waals surface area contributed by atoms with Crippen LogP contribution in [0.5, 0.6) is 0 Å². The highest BCUT2D eigenvalue weighted by molar-refractivity contribution is 8.00. The van der Waals surface area contributed by atoms with Crippen molar-refractivity contribution in [1.29, 1.82) is 0 Å². The number of fused-ring (bicyclic) bond motifs is 4. The van der Waals surface area contributed by atoms with Crippen LogP contribution in [0.4, 0.5) is 0 Å². The van der Waals surface area contributed by atoms with Crippen LogP contribution < -0.4 is 0 Å². The third kappa shape index (κ3) is 23.9. The van der Waals surface area contributed by atoms with Crippen LogP contribution in [-0.4, -0.2) is 141 Å². The Labute approximate surface area is 823 Å². The molecule has 18 heteroatoms. The smallest absolute Gasteiger partial charge is 0.184 e. The first kappa shape index (κ1) is 107. The molecule has 0 aliphatic heterocycles. The lowest BCUT2D eigenvalue weighted by molar-refractivity contribution is 0.0855. The second-order valence-corrected chi connectivity index (χ2v) is 55.7. The summed E-state index contributed by atoms with van der Waals surface area (Å²) in [6.45, 7) is 46.0. The van der Waals surface area contributed by atoms with E-state index in [1.807, 2.05) is 44.2 Å². The van der Waals surface area contributed by atoms with E-state index in [2.05, 4.69) is 169 Å². The van der Waals surface area contributed by atoms with E-state index in [0.29, 0.717) is 136 Å². The average Bonchev–Trinajstić information content (AvgIpc) is 1.57. The maximum absolute atomic E-state index is 13.5. The Morgan fingerprint density at radius 2 is 0.765 bits per heavy atom. The summed E-state index contributed by atoms with van der Waals surface area (Å²) in [6, 6.07) is 26.6. The maximum Gasteiger partial charge on any atom is 0.184 e. The van der Waals surface area contributed by atoms with Gasteiger partial charge in [0.2, 0.25) is 0 Å². The number of aliphatic hydroxyl groups is 8. The van der Waals surface area contributed by atoms with Crippen molar-refractivity contribution in [2.75, 3.05) is 11.5 Å². The number of thioether (sulfide) groups is 1. The van der Waals surface area contributed by atoms with Crippen molar-refractivity contribution in [2.45, 2.75) is 380 Å². The normalized spacial score (nSPS) is 35.9. The lowest BCUT2D eigenvalue weighted by Gasteiger charge is -2.45. The van der Waals surface area contributed by atoms with Crippen LogP contribution in [0.3, 0.4) is 0 Å². The number of rotatable bonds is 23. The molecule has 748 valence electrons. The maximum atomic E-state index is 13.5. The van der Waals surface area contributed by atoms with Crippen molar-refractivity contribution in [3.05, 3.63) is 244 Å². The molecule has 23 atom stereocenters. The van der Waals surface area contributed by atoms with Crippen LogP contribution in [0.15, 0.2) is 259 Å². The topological polar surface area (TPSA) is 264 Å². The molecule has 0 aromatic heterocycles. The highest BCUT2D eigenvalue weighted by Crippen LogP contribution is 2.65. The number of aliphatic hydroxyl groups excluding tert-OH is 8. The molecule has 16 rings (SSSR count). The first-order valence-corrected chi connectivity index (χ1v) is 57.7. The Hall–Kier alpha value is -5.84. The van der Waals surface area contributed by atoms with Gasteiger partial charge in [0.25, 0.3) is 0 Å². The zero-order valence-electron chi connectivity index (χ0n) is 84.6. The third-order valence-corrected chi connectivity index (χ3v) is 44.3. The van der Waals surface area contributed by atoms with Crippen LogP contribution in [0.1, 0.15) is 302 Å². The summed E-state index contributed by atoms with van der Waals surface area (Å²) < 4.78 is 78.5. The number of hydrogen-bond donors (Lipinski definition) is 8. The van der Waals surface area contributed by atoms with Crippen LogP contribution in [0.2, 0.25) is 0 Å². The largest absolute Gasteiger partial charge is 0.393 e. The third-order valence-electron chi connectivity index (χ3n) is 36.1. The molecule has 0 saturated heterocycles. The van der Waals surface area contributed by atoms with Gasteiger partial charge in [0.1, 0.15) is 0 Å². The summed E-state index contributed by atoms with van der Waals surface area (Å²) in [6.07, 6.45) is 46.1. The van der Waals surface area contributed by atoms with Crippen LogP contribution in [0, 0.1) is 86.8 Å². The summed E-state index contributed by atoms with van der Waals surface area (Å²) in [5.74, 6) is 7.06. The van der Waals surface area contributed by atoms with E-state index < -0.39 is 87.8 Å². The minimum atomic E-state index is -3.43. The van der Waals surface area contributed by atoms with E-state index in [1.54, 1.807) is 66.2 Å². The highest BCUT2D eigenvalue weighted by atomic mass is 32.2. The van der Waals surface area contributed by atoms with E-state index in [0.717, 1.165) is 153 Å². The molecular formula is C118H168O14S4. The van der Waals surface area contributed by atoms with Gasteiger partial charge in [-0.2, -0.15) is 11.8 Å². The molecule has 0 amide bonds. The molecule has 12 saturated carbocycles. The molecule has 14 nitrogen and oxygen atoms in total. The van der Waals surface area contributed by atoms with Crippen molar-refractivity contribution < 1.29 is 66.1 Å². The SMILES string of the molecule is C=C1/C(=C\C=C2/CCC[C@]3(C)C([C@H](C)CCS(=O)(=O)c4ccccc4)=CC[C@@H]23)C[C@@H](O)C[C@@H]1O.C=C1/C(=C\C=C2/CCC[C@]3(C)C([C@H](C)CCSC(C)(C)C)CC[C@@H]23)C[C@@H](O)C[C@@H]1O.C=C1/C(=C\C=C2/CCC[C@]3(C)[C@@H]([C@H](C)CC(C)(C)S(=O)(=O)c4ccccc4)CC[C@@H]23)C[C@@H](O)C[C@@H]1O.C=C1/C(=C\C=C2/CCC[C@]3(C)[C@@H]([C@H](C)CC4(S(=O)(=O)c5ccccc5)CC4)CC[C@@H]23)C[C@@H](O)C[C@@H]1O. The van der Waals surface area contributed by atoms with Crippen LogP contribution >= 0.6 is 11.8 Å². The van der Waals surface area contributed by atoms with Crippen LogP contribution in [-0.2, 0) is 29.5 Å². The molecule has 13 aliphatic carbocycles. The molecule has 3 aromatic carbocycles. The second-order valence-electron chi connectivity index (χ2n) is 46.8. The Bertz CT molecular complexity index is 5230. The van der Waals surface area contributed by atoms with Crippen molar-refractivity contribution in [3.63, 3.8) is 0 Å². The molecule has 0 heterocycles. The quantitative estimate of drug-likeness (QED) is 0.0410.